The molecule has 1 N–H and O–H groups in total. The van der Waals surface area contributed by atoms with Gasteiger partial charge in [-0.2, -0.15) is 0 Å². The van der Waals surface area contributed by atoms with Gasteiger partial charge in [-0.3, -0.25) is 0 Å². The number of benzene rings is 2. The Hall–Kier alpha value is -2.02. The summed E-state index contributed by atoms with van der Waals surface area (Å²) >= 11 is 0. The van der Waals surface area contributed by atoms with Gasteiger partial charge in [-0.05, 0) is 46.4 Å². The van der Waals surface area contributed by atoms with E-state index in [0.717, 1.165) is 6.42 Å². The summed E-state index contributed by atoms with van der Waals surface area (Å²) in [5.41, 5.74) is 6.65. The minimum atomic E-state index is 0.347. The van der Waals surface area contributed by atoms with Gasteiger partial charge in [0, 0.05) is 5.92 Å². The first-order valence-electron chi connectivity index (χ1n) is 6.84. The van der Waals surface area contributed by atoms with E-state index < -0.39 is 0 Å². The molecule has 19 heavy (non-hydrogen) atoms. The number of fused-ring (bicyclic) bond motifs is 1. The molecule has 0 aliphatic heterocycles. The maximum absolute atomic E-state index is 9.71. The van der Waals surface area contributed by atoms with Crippen LogP contribution in [0.1, 0.15) is 42.9 Å². The summed E-state index contributed by atoms with van der Waals surface area (Å²) < 4.78 is 0. The lowest BCUT2D eigenvalue weighted by atomic mass is 9.92. The number of hydrogen-bond donors (Lipinski definition) is 1. The Morgan fingerprint density at radius 1 is 1.05 bits per heavy atom. The summed E-state index contributed by atoms with van der Waals surface area (Å²) in [6, 6.07) is 16.3. The van der Waals surface area contributed by atoms with Crippen LogP contribution in [0.15, 0.2) is 48.5 Å². The van der Waals surface area contributed by atoms with Crippen LogP contribution in [-0.2, 0) is 0 Å². The van der Waals surface area contributed by atoms with Crippen LogP contribution in [0, 0.1) is 0 Å². The monoisotopic (exact) mass is 250 g/mol. The second-order valence-electron chi connectivity index (χ2n) is 5.11. The second-order valence-corrected chi connectivity index (χ2v) is 5.11. The summed E-state index contributed by atoms with van der Waals surface area (Å²) in [5.74, 6) is 0.704. The number of phenolic OH excluding ortho intramolecular Hbond substituents is 1. The molecule has 0 amide bonds. The van der Waals surface area contributed by atoms with Gasteiger partial charge in [0.1, 0.15) is 5.75 Å². The van der Waals surface area contributed by atoms with E-state index in [9.17, 15) is 5.11 Å². The van der Waals surface area contributed by atoms with Gasteiger partial charge in [0.05, 0.1) is 0 Å². The average molecular weight is 250 g/mol. The summed E-state index contributed by atoms with van der Waals surface area (Å²) in [7, 11) is 0. The third-order valence-electron chi connectivity index (χ3n) is 4.02. The largest absolute Gasteiger partial charge is 0.508 e. The zero-order valence-corrected chi connectivity index (χ0v) is 11.4. The first-order valence-corrected chi connectivity index (χ1v) is 6.84. The van der Waals surface area contributed by atoms with Crippen LogP contribution in [0.2, 0.25) is 0 Å². The summed E-state index contributed by atoms with van der Waals surface area (Å²) in [6.07, 6.45) is 1.02. The van der Waals surface area contributed by atoms with Crippen molar-refractivity contribution in [2.24, 2.45) is 0 Å². The molecular weight excluding hydrogens is 232 g/mol. The van der Waals surface area contributed by atoms with Gasteiger partial charge < -0.3 is 5.11 Å². The average Bonchev–Trinajstić information content (AvgIpc) is 2.72. The fourth-order valence-corrected chi connectivity index (χ4v) is 3.17. The quantitative estimate of drug-likeness (QED) is 0.809. The zero-order valence-electron chi connectivity index (χ0n) is 11.4. The van der Waals surface area contributed by atoms with Gasteiger partial charge in [0.25, 0.3) is 0 Å². The first-order chi connectivity index (χ1) is 9.22. The topological polar surface area (TPSA) is 20.2 Å². The van der Waals surface area contributed by atoms with Crippen LogP contribution in [0.3, 0.4) is 0 Å². The lowest BCUT2D eigenvalue weighted by molar-refractivity contribution is 0.474. The molecule has 96 valence electrons. The van der Waals surface area contributed by atoms with Crippen molar-refractivity contribution in [1.82, 2.24) is 0 Å². The molecule has 0 spiro atoms. The lowest BCUT2D eigenvalue weighted by Gasteiger charge is -2.12. The van der Waals surface area contributed by atoms with Crippen LogP contribution in [-0.4, -0.2) is 5.11 Å². The van der Waals surface area contributed by atoms with Crippen LogP contribution in [0.5, 0.6) is 5.75 Å². The molecule has 2 aromatic carbocycles. The van der Waals surface area contributed by atoms with Gasteiger partial charge in [-0.1, -0.05) is 50.2 Å². The Kier molecular flexibility index (Phi) is 2.90. The van der Waals surface area contributed by atoms with E-state index in [4.69, 9.17) is 0 Å². The molecule has 0 radical (unpaired) electrons. The normalized spacial score (nSPS) is 17.7. The number of rotatable bonds is 2. The number of phenols is 1. The molecule has 0 unspecified atom stereocenters. The minimum absolute atomic E-state index is 0.347. The van der Waals surface area contributed by atoms with E-state index in [-0.39, 0.29) is 0 Å². The van der Waals surface area contributed by atoms with Crippen molar-refractivity contribution in [2.75, 3.05) is 0 Å². The Balaban J connectivity index is 2.20. The van der Waals surface area contributed by atoms with Gasteiger partial charge in [0.15, 0.2) is 0 Å². The van der Waals surface area contributed by atoms with Crippen molar-refractivity contribution in [3.63, 3.8) is 0 Å². The molecular formula is C18H18O. The number of allylic oxidation sites excluding steroid dienone is 2. The molecule has 0 saturated carbocycles. The highest BCUT2D eigenvalue weighted by atomic mass is 16.3. The smallest absolute Gasteiger partial charge is 0.115 e. The van der Waals surface area contributed by atoms with Crippen LogP contribution in [0.25, 0.3) is 11.1 Å². The molecule has 0 heterocycles. The van der Waals surface area contributed by atoms with Gasteiger partial charge >= 0.3 is 0 Å². The van der Waals surface area contributed by atoms with Crippen molar-refractivity contribution in [1.29, 1.82) is 0 Å². The maximum atomic E-state index is 9.71. The van der Waals surface area contributed by atoms with Crippen molar-refractivity contribution < 1.29 is 5.11 Å². The molecule has 0 aromatic heterocycles. The van der Waals surface area contributed by atoms with E-state index in [1.807, 2.05) is 12.1 Å². The number of aromatic hydroxyl groups is 1. The minimum Gasteiger partial charge on any atom is -0.508 e. The third kappa shape index (κ3) is 1.86. The highest BCUT2D eigenvalue weighted by Crippen LogP contribution is 2.48. The summed E-state index contributed by atoms with van der Waals surface area (Å²) in [6.45, 7) is 4.43. The molecule has 1 atom stereocenters. The van der Waals surface area contributed by atoms with Crippen molar-refractivity contribution in [3.05, 3.63) is 65.2 Å². The number of hydrogen-bond acceptors (Lipinski definition) is 1. The van der Waals surface area contributed by atoms with E-state index in [0.29, 0.717) is 11.7 Å². The third-order valence-corrected chi connectivity index (χ3v) is 4.02. The van der Waals surface area contributed by atoms with E-state index in [1.165, 1.54) is 27.8 Å². The Morgan fingerprint density at radius 2 is 1.79 bits per heavy atom. The maximum Gasteiger partial charge on any atom is 0.115 e. The molecule has 0 saturated heterocycles. The molecule has 1 aliphatic rings. The SMILES string of the molecule is CCC1=C(c2ccccc2)[C@@H](C)c2cc(O)ccc21. The first kappa shape index (κ1) is 12.0. The van der Waals surface area contributed by atoms with E-state index in [2.05, 4.69) is 44.2 Å². The molecule has 0 bridgehead atoms. The predicted molar refractivity (Wildman–Crippen MR) is 80.1 cm³/mol. The second kappa shape index (κ2) is 4.58. The molecule has 1 heteroatoms. The molecule has 1 nitrogen and oxygen atoms in total. The van der Waals surface area contributed by atoms with E-state index in [1.54, 1.807) is 6.07 Å². The van der Waals surface area contributed by atoms with Crippen LogP contribution in [0.4, 0.5) is 0 Å². The van der Waals surface area contributed by atoms with Gasteiger partial charge in [-0.15, -0.1) is 0 Å². The standard InChI is InChI=1S/C18H18O/c1-3-15-16-10-9-14(19)11-17(16)12(2)18(15)13-7-5-4-6-8-13/h4-12,19H,3H2,1-2H3/t12-/m0/s1. The fourth-order valence-electron chi connectivity index (χ4n) is 3.17. The highest BCUT2D eigenvalue weighted by Gasteiger charge is 2.28. The highest BCUT2D eigenvalue weighted by molar-refractivity contribution is 5.99. The van der Waals surface area contributed by atoms with Crippen molar-refractivity contribution in [3.8, 4) is 5.75 Å². The van der Waals surface area contributed by atoms with Gasteiger partial charge in [-0.25, -0.2) is 0 Å². The molecule has 3 rings (SSSR count). The van der Waals surface area contributed by atoms with Crippen molar-refractivity contribution >= 4 is 11.1 Å². The Bertz CT molecular complexity index is 638. The molecule has 0 fully saturated rings. The molecule has 2 aromatic rings. The molecule has 1 aliphatic carbocycles. The summed E-state index contributed by atoms with van der Waals surface area (Å²) in [4.78, 5) is 0. The lowest BCUT2D eigenvalue weighted by Crippen LogP contribution is -1.93. The van der Waals surface area contributed by atoms with Gasteiger partial charge in [0.2, 0.25) is 0 Å². The summed E-state index contributed by atoms with van der Waals surface area (Å²) in [5, 5.41) is 9.71. The zero-order chi connectivity index (χ0) is 13.4. The van der Waals surface area contributed by atoms with Crippen molar-refractivity contribution in [2.45, 2.75) is 26.2 Å². The fraction of sp³-hybridized carbons (Fsp3) is 0.222. The predicted octanol–water partition coefficient (Wildman–Crippen LogP) is 4.83. The van der Waals surface area contributed by atoms with Crippen LogP contribution >= 0.6 is 0 Å². The van der Waals surface area contributed by atoms with Crippen LogP contribution < -0.4 is 0 Å². The Labute approximate surface area is 114 Å². The van der Waals surface area contributed by atoms with E-state index >= 15 is 0 Å². The Morgan fingerprint density at radius 3 is 2.47 bits per heavy atom.